The van der Waals surface area contributed by atoms with E-state index in [0.29, 0.717) is 22.0 Å². The van der Waals surface area contributed by atoms with E-state index in [-0.39, 0.29) is 24.7 Å². The topological polar surface area (TPSA) is 136 Å². The predicted molar refractivity (Wildman–Crippen MR) is 123 cm³/mol. The summed E-state index contributed by atoms with van der Waals surface area (Å²) in [5, 5.41) is 23.5. The van der Waals surface area contributed by atoms with E-state index < -0.39 is 36.9 Å². The largest absolute Gasteiger partial charge is 0.481 e. The molecule has 10 nitrogen and oxygen atoms in total. The van der Waals surface area contributed by atoms with Crippen LogP contribution < -0.4 is 5.32 Å². The third kappa shape index (κ3) is 7.72. The van der Waals surface area contributed by atoms with Gasteiger partial charge in [-0.05, 0) is 45.8 Å². The number of nitrogens with one attached hydrogen (secondary N) is 1. The monoisotopic (exact) mass is 523 g/mol. The molecule has 0 saturated carbocycles. The van der Waals surface area contributed by atoms with Crippen molar-refractivity contribution in [2.75, 3.05) is 6.61 Å². The number of carboxylic acid groups (broad SMARTS) is 1. The molecule has 3 aromatic rings. The number of ether oxygens (including phenoxy) is 1. The summed E-state index contributed by atoms with van der Waals surface area (Å²) in [6.07, 6.45) is -1.20. The average Bonchev–Trinajstić information content (AvgIpc) is 3.23. The van der Waals surface area contributed by atoms with Crippen molar-refractivity contribution < 1.29 is 28.6 Å². The SMILES string of the molecule is O=C(O)CC(NC(=O)OCCc1ccc(F)cc1)C(=O)Cn1nnnc1Cc1c(Cl)cccc1Cl. The van der Waals surface area contributed by atoms with Crippen molar-refractivity contribution in [1.82, 2.24) is 25.5 Å². The lowest BCUT2D eigenvalue weighted by molar-refractivity contribution is -0.139. The number of carbonyl (C=O) groups is 3. The van der Waals surface area contributed by atoms with Gasteiger partial charge in [0.05, 0.1) is 13.0 Å². The lowest BCUT2D eigenvalue weighted by atomic mass is 10.1. The summed E-state index contributed by atoms with van der Waals surface area (Å²) in [6.45, 7) is -0.459. The third-order valence-corrected chi connectivity index (χ3v) is 5.61. The number of ketones is 1. The zero-order valence-corrected chi connectivity index (χ0v) is 19.7. The van der Waals surface area contributed by atoms with E-state index in [1.807, 2.05) is 0 Å². The van der Waals surface area contributed by atoms with Crippen LogP contribution in [-0.2, 0) is 33.7 Å². The molecule has 2 N–H and O–H groups in total. The highest BCUT2D eigenvalue weighted by Gasteiger charge is 2.26. The smallest absolute Gasteiger partial charge is 0.407 e. The fourth-order valence-corrected chi connectivity index (χ4v) is 3.64. The Hall–Kier alpha value is -3.57. The number of carboxylic acids is 1. The zero-order chi connectivity index (χ0) is 25.4. The maximum atomic E-state index is 13.0. The number of halogens is 3. The van der Waals surface area contributed by atoms with E-state index in [1.165, 1.54) is 16.8 Å². The van der Waals surface area contributed by atoms with Gasteiger partial charge in [0.1, 0.15) is 18.4 Å². The van der Waals surface area contributed by atoms with Crippen LogP contribution >= 0.6 is 23.2 Å². The number of nitrogens with zero attached hydrogens (tertiary/aromatic N) is 4. The van der Waals surface area contributed by atoms with E-state index in [4.69, 9.17) is 27.9 Å². The summed E-state index contributed by atoms with van der Waals surface area (Å²) < 4.78 is 19.2. The van der Waals surface area contributed by atoms with Gasteiger partial charge in [0.2, 0.25) is 0 Å². The molecular formula is C22H20Cl2FN5O5. The number of hydrogen-bond donors (Lipinski definition) is 2. The van der Waals surface area contributed by atoms with Crippen LogP contribution in [0.25, 0.3) is 0 Å². The van der Waals surface area contributed by atoms with E-state index in [9.17, 15) is 23.9 Å². The number of hydrogen-bond acceptors (Lipinski definition) is 7. The minimum absolute atomic E-state index is 0.0544. The average molecular weight is 524 g/mol. The molecule has 1 amide bonds. The normalized spacial score (nSPS) is 11.6. The number of carbonyl (C=O) groups excluding carboxylic acids is 2. The van der Waals surface area contributed by atoms with Crippen LogP contribution in [0.15, 0.2) is 42.5 Å². The number of benzene rings is 2. The number of aromatic nitrogens is 4. The second-order valence-corrected chi connectivity index (χ2v) is 8.22. The Morgan fingerprint density at radius 2 is 1.80 bits per heavy atom. The summed E-state index contributed by atoms with van der Waals surface area (Å²) in [7, 11) is 0. The van der Waals surface area contributed by atoms with Crippen LogP contribution in [0.4, 0.5) is 9.18 Å². The zero-order valence-electron chi connectivity index (χ0n) is 18.2. The van der Waals surface area contributed by atoms with Gasteiger partial charge >= 0.3 is 12.1 Å². The molecule has 0 aliphatic heterocycles. The Kier molecular flexibility index (Phi) is 9.10. The van der Waals surface area contributed by atoms with Crippen molar-refractivity contribution in [1.29, 1.82) is 0 Å². The van der Waals surface area contributed by atoms with Gasteiger partial charge in [-0.1, -0.05) is 41.4 Å². The molecule has 0 aliphatic carbocycles. The van der Waals surface area contributed by atoms with Gasteiger partial charge in [-0.3, -0.25) is 9.59 Å². The Labute approximate surface area is 209 Å². The lowest BCUT2D eigenvalue weighted by Gasteiger charge is -2.16. The number of amides is 1. The third-order valence-electron chi connectivity index (χ3n) is 4.90. The van der Waals surface area contributed by atoms with Crippen LogP contribution in [0.2, 0.25) is 10.0 Å². The van der Waals surface area contributed by atoms with Crippen LogP contribution in [-0.4, -0.2) is 55.8 Å². The first-order valence-electron chi connectivity index (χ1n) is 10.3. The summed E-state index contributed by atoms with van der Waals surface area (Å²) in [4.78, 5) is 36.2. The van der Waals surface area contributed by atoms with Crippen LogP contribution in [0.3, 0.4) is 0 Å². The standard InChI is InChI=1S/C22H20Cl2FN5O5/c23-16-2-1-3-17(24)15(16)10-20-27-28-29-30(20)12-19(31)18(11-21(32)33)26-22(34)35-9-8-13-4-6-14(25)7-5-13/h1-7,18H,8-12H2,(H,26,34)(H,32,33). The molecular weight excluding hydrogens is 504 g/mol. The molecule has 35 heavy (non-hydrogen) atoms. The Balaban J connectivity index is 1.61. The van der Waals surface area contributed by atoms with Crippen molar-refractivity contribution in [3.05, 3.63) is 75.3 Å². The highest BCUT2D eigenvalue weighted by molar-refractivity contribution is 6.36. The summed E-state index contributed by atoms with van der Waals surface area (Å²) in [6, 6.07) is 9.26. The summed E-state index contributed by atoms with van der Waals surface area (Å²) in [5.74, 6) is -2.07. The van der Waals surface area contributed by atoms with Gasteiger partial charge in [0, 0.05) is 22.9 Å². The van der Waals surface area contributed by atoms with E-state index in [0.717, 1.165) is 5.56 Å². The molecule has 0 aliphatic rings. The minimum atomic E-state index is -1.38. The predicted octanol–water partition coefficient (Wildman–Crippen LogP) is 3.09. The molecule has 184 valence electrons. The maximum absolute atomic E-state index is 13.0. The summed E-state index contributed by atoms with van der Waals surface area (Å²) >= 11 is 12.4. The second-order valence-electron chi connectivity index (χ2n) is 7.40. The number of alkyl carbamates (subject to hydrolysis) is 1. The van der Waals surface area contributed by atoms with E-state index in [1.54, 1.807) is 30.3 Å². The van der Waals surface area contributed by atoms with Crippen LogP contribution in [0.5, 0.6) is 0 Å². The van der Waals surface area contributed by atoms with Gasteiger partial charge in [0.25, 0.3) is 0 Å². The quantitative estimate of drug-likeness (QED) is 0.391. The van der Waals surface area contributed by atoms with Crippen molar-refractivity contribution >= 4 is 41.0 Å². The Morgan fingerprint density at radius 3 is 2.46 bits per heavy atom. The van der Waals surface area contributed by atoms with Crippen molar-refractivity contribution in [3.63, 3.8) is 0 Å². The van der Waals surface area contributed by atoms with Gasteiger partial charge in [-0.25, -0.2) is 13.9 Å². The van der Waals surface area contributed by atoms with E-state index in [2.05, 4.69) is 20.8 Å². The van der Waals surface area contributed by atoms with Crippen LogP contribution in [0, 0.1) is 5.82 Å². The van der Waals surface area contributed by atoms with Crippen LogP contribution in [0.1, 0.15) is 23.4 Å². The maximum Gasteiger partial charge on any atom is 0.407 e. The molecule has 2 aromatic carbocycles. The van der Waals surface area contributed by atoms with E-state index >= 15 is 0 Å². The second kappa shape index (κ2) is 12.2. The van der Waals surface area contributed by atoms with Crippen molar-refractivity contribution in [2.45, 2.75) is 31.8 Å². The number of rotatable bonds is 11. The molecule has 0 bridgehead atoms. The minimum Gasteiger partial charge on any atom is -0.481 e. The highest BCUT2D eigenvalue weighted by atomic mass is 35.5. The van der Waals surface area contributed by atoms with Gasteiger partial charge in [-0.2, -0.15) is 0 Å². The lowest BCUT2D eigenvalue weighted by Crippen LogP contribution is -2.44. The number of Topliss-reactive ketones (excluding diaryl/α,β-unsaturated/α-hetero) is 1. The van der Waals surface area contributed by atoms with Gasteiger partial charge in [-0.15, -0.1) is 5.10 Å². The molecule has 0 radical (unpaired) electrons. The molecule has 1 aromatic heterocycles. The van der Waals surface area contributed by atoms with Crippen molar-refractivity contribution in [2.24, 2.45) is 0 Å². The Bertz CT molecular complexity index is 1180. The molecule has 0 spiro atoms. The van der Waals surface area contributed by atoms with Crippen molar-refractivity contribution in [3.8, 4) is 0 Å². The number of tetrazole rings is 1. The highest BCUT2D eigenvalue weighted by Crippen LogP contribution is 2.26. The first-order chi connectivity index (χ1) is 16.7. The first-order valence-corrected chi connectivity index (χ1v) is 11.1. The van der Waals surface area contributed by atoms with Gasteiger partial charge < -0.3 is 15.2 Å². The molecule has 0 fully saturated rings. The fourth-order valence-electron chi connectivity index (χ4n) is 3.11. The molecule has 13 heteroatoms. The molecule has 1 unspecified atom stereocenters. The van der Waals surface area contributed by atoms with Gasteiger partial charge in [0.15, 0.2) is 11.6 Å². The molecule has 1 atom stereocenters. The Morgan fingerprint density at radius 1 is 1.11 bits per heavy atom. The molecule has 3 rings (SSSR count). The first kappa shape index (κ1) is 26.0. The summed E-state index contributed by atoms with van der Waals surface area (Å²) in [5.41, 5.74) is 1.30. The molecule has 0 saturated heterocycles. The fraction of sp³-hybridized carbons (Fsp3) is 0.273. The molecule has 1 heterocycles. The number of aliphatic carboxylic acids is 1.